The van der Waals surface area contributed by atoms with Gasteiger partial charge in [-0.1, -0.05) is 30.3 Å². The van der Waals surface area contributed by atoms with Crippen molar-refractivity contribution in [2.75, 3.05) is 27.3 Å². The van der Waals surface area contributed by atoms with Gasteiger partial charge in [-0.2, -0.15) is 0 Å². The predicted molar refractivity (Wildman–Crippen MR) is 69.6 cm³/mol. The average molecular weight is 265 g/mol. The minimum atomic E-state index is -0.689. The van der Waals surface area contributed by atoms with E-state index in [0.29, 0.717) is 19.5 Å². The SMILES string of the molecule is COC1(OC)CCN(C(=O)OCc2ccccc2)C1. The fraction of sp³-hybridized carbons (Fsp3) is 0.500. The number of likely N-dealkylation sites (tertiary alicyclic amines) is 1. The van der Waals surface area contributed by atoms with Gasteiger partial charge in [0.05, 0.1) is 6.54 Å². The van der Waals surface area contributed by atoms with Crippen molar-refractivity contribution in [2.24, 2.45) is 0 Å². The monoisotopic (exact) mass is 265 g/mol. The molecule has 2 rings (SSSR count). The first-order valence-electron chi connectivity index (χ1n) is 6.25. The molecule has 1 aromatic carbocycles. The first-order chi connectivity index (χ1) is 9.19. The number of hydrogen-bond donors (Lipinski definition) is 0. The van der Waals surface area contributed by atoms with Crippen LogP contribution in [0.2, 0.25) is 0 Å². The first-order valence-corrected chi connectivity index (χ1v) is 6.25. The summed E-state index contributed by atoms with van der Waals surface area (Å²) in [5, 5.41) is 0. The fourth-order valence-corrected chi connectivity index (χ4v) is 2.14. The van der Waals surface area contributed by atoms with Crippen molar-refractivity contribution >= 4 is 6.09 Å². The smallest absolute Gasteiger partial charge is 0.410 e. The normalized spacial score (nSPS) is 17.5. The van der Waals surface area contributed by atoms with Gasteiger partial charge in [-0.3, -0.25) is 0 Å². The Balaban J connectivity index is 1.85. The molecule has 1 aliphatic rings. The van der Waals surface area contributed by atoms with E-state index in [-0.39, 0.29) is 12.7 Å². The molecule has 1 saturated heterocycles. The molecule has 1 aliphatic heterocycles. The van der Waals surface area contributed by atoms with E-state index in [2.05, 4.69) is 0 Å². The third kappa shape index (κ3) is 3.24. The average Bonchev–Trinajstić information content (AvgIpc) is 2.91. The van der Waals surface area contributed by atoms with Crippen LogP contribution in [0.5, 0.6) is 0 Å². The number of carbonyl (C=O) groups is 1. The lowest BCUT2D eigenvalue weighted by molar-refractivity contribution is -0.194. The highest BCUT2D eigenvalue weighted by molar-refractivity contribution is 5.68. The van der Waals surface area contributed by atoms with Gasteiger partial charge in [0, 0.05) is 27.2 Å². The van der Waals surface area contributed by atoms with Crippen molar-refractivity contribution in [3.63, 3.8) is 0 Å². The van der Waals surface area contributed by atoms with Gasteiger partial charge in [-0.15, -0.1) is 0 Å². The summed E-state index contributed by atoms with van der Waals surface area (Å²) >= 11 is 0. The van der Waals surface area contributed by atoms with Gasteiger partial charge in [0.1, 0.15) is 6.61 Å². The molecular formula is C14H19NO4. The first kappa shape index (κ1) is 13.8. The highest BCUT2D eigenvalue weighted by Gasteiger charge is 2.41. The standard InChI is InChI=1S/C14H19NO4/c1-17-14(18-2)8-9-15(11-14)13(16)19-10-12-6-4-3-5-7-12/h3-7H,8-11H2,1-2H3. The van der Waals surface area contributed by atoms with Crippen LogP contribution in [0.1, 0.15) is 12.0 Å². The van der Waals surface area contributed by atoms with E-state index in [1.165, 1.54) is 0 Å². The van der Waals surface area contributed by atoms with Crippen molar-refractivity contribution in [1.29, 1.82) is 0 Å². The highest BCUT2D eigenvalue weighted by Crippen LogP contribution is 2.25. The second-order valence-corrected chi connectivity index (χ2v) is 4.53. The summed E-state index contributed by atoms with van der Waals surface area (Å²) in [6.45, 7) is 1.26. The van der Waals surface area contributed by atoms with Gasteiger partial charge < -0.3 is 19.1 Å². The largest absolute Gasteiger partial charge is 0.445 e. The third-order valence-electron chi connectivity index (χ3n) is 3.40. The molecule has 5 heteroatoms. The van der Waals surface area contributed by atoms with E-state index >= 15 is 0 Å². The zero-order valence-electron chi connectivity index (χ0n) is 11.3. The molecule has 1 amide bonds. The van der Waals surface area contributed by atoms with Crippen LogP contribution >= 0.6 is 0 Å². The second-order valence-electron chi connectivity index (χ2n) is 4.53. The van der Waals surface area contributed by atoms with Crippen molar-refractivity contribution in [2.45, 2.75) is 18.8 Å². The maximum absolute atomic E-state index is 11.9. The number of ether oxygens (including phenoxy) is 3. The second kappa shape index (κ2) is 6.04. The summed E-state index contributed by atoms with van der Waals surface area (Å²) in [7, 11) is 3.17. The van der Waals surface area contributed by atoms with Gasteiger partial charge in [-0.05, 0) is 5.56 Å². The van der Waals surface area contributed by atoms with Crippen LogP contribution in [0.15, 0.2) is 30.3 Å². The maximum Gasteiger partial charge on any atom is 0.410 e. The lowest BCUT2D eigenvalue weighted by Crippen LogP contribution is -2.39. The highest BCUT2D eigenvalue weighted by atomic mass is 16.7. The van der Waals surface area contributed by atoms with E-state index in [1.54, 1.807) is 19.1 Å². The molecule has 0 aromatic heterocycles. The molecular weight excluding hydrogens is 246 g/mol. The molecule has 5 nitrogen and oxygen atoms in total. The zero-order valence-corrected chi connectivity index (χ0v) is 11.3. The van der Waals surface area contributed by atoms with Gasteiger partial charge >= 0.3 is 6.09 Å². The molecule has 0 saturated carbocycles. The van der Waals surface area contributed by atoms with Crippen LogP contribution in [-0.2, 0) is 20.8 Å². The molecule has 1 heterocycles. The van der Waals surface area contributed by atoms with E-state index in [4.69, 9.17) is 14.2 Å². The van der Waals surface area contributed by atoms with Crippen LogP contribution in [0.4, 0.5) is 4.79 Å². The summed E-state index contributed by atoms with van der Waals surface area (Å²) in [5.74, 6) is -0.689. The molecule has 0 N–H and O–H groups in total. The van der Waals surface area contributed by atoms with Crippen molar-refractivity contribution in [3.05, 3.63) is 35.9 Å². The quantitative estimate of drug-likeness (QED) is 0.781. The number of rotatable bonds is 4. The van der Waals surface area contributed by atoms with Gasteiger partial charge in [0.25, 0.3) is 0 Å². The molecule has 1 fully saturated rings. The third-order valence-corrected chi connectivity index (χ3v) is 3.40. The Bertz CT molecular complexity index is 417. The van der Waals surface area contributed by atoms with Crippen LogP contribution in [0.25, 0.3) is 0 Å². The van der Waals surface area contributed by atoms with Crippen molar-refractivity contribution < 1.29 is 19.0 Å². The number of methoxy groups -OCH3 is 2. The molecule has 19 heavy (non-hydrogen) atoms. The number of hydrogen-bond acceptors (Lipinski definition) is 4. The van der Waals surface area contributed by atoms with E-state index in [9.17, 15) is 4.79 Å². The molecule has 0 aliphatic carbocycles. The zero-order chi connectivity index (χ0) is 13.7. The maximum atomic E-state index is 11.9. The van der Waals surface area contributed by atoms with Gasteiger partial charge in [-0.25, -0.2) is 4.79 Å². The summed E-state index contributed by atoms with van der Waals surface area (Å²) in [4.78, 5) is 13.5. The molecule has 104 valence electrons. The summed E-state index contributed by atoms with van der Waals surface area (Å²) in [6, 6.07) is 9.61. The van der Waals surface area contributed by atoms with E-state index in [1.807, 2.05) is 30.3 Å². The topological polar surface area (TPSA) is 48.0 Å². The minimum absolute atomic E-state index is 0.281. The molecule has 0 radical (unpaired) electrons. The van der Waals surface area contributed by atoms with Gasteiger partial charge in [0.2, 0.25) is 0 Å². The van der Waals surface area contributed by atoms with E-state index < -0.39 is 5.79 Å². The van der Waals surface area contributed by atoms with Crippen molar-refractivity contribution in [3.8, 4) is 0 Å². The minimum Gasteiger partial charge on any atom is -0.445 e. The number of amides is 1. The molecule has 1 aromatic rings. The molecule has 0 spiro atoms. The lowest BCUT2D eigenvalue weighted by atomic mass is 10.2. The number of benzene rings is 1. The van der Waals surface area contributed by atoms with Crippen molar-refractivity contribution in [1.82, 2.24) is 4.90 Å². The Labute approximate surface area is 113 Å². The molecule has 0 atom stereocenters. The Morgan fingerprint density at radius 1 is 1.26 bits per heavy atom. The summed E-state index contributed by atoms with van der Waals surface area (Å²) in [6.07, 6.45) is 0.320. The Morgan fingerprint density at radius 2 is 1.95 bits per heavy atom. The Kier molecular flexibility index (Phi) is 4.39. The number of carbonyl (C=O) groups excluding carboxylic acids is 1. The van der Waals surface area contributed by atoms with Crippen LogP contribution < -0.4 is 0 Å². The van der Waals surface area contributed by atoms with Crippen LogP contribution in [0.3, 0.4) is 0 Å². The molecule has 0 unspecified atom stereocenters. The van der Waals surface area contributed by atoms with Gasteiger partial charge in [0.15, 0.2) is 5.79 Å². The summed E-state index contributed by atoms with van der Waals surface area (Å²) < 4.78 is 15.9. The van der Waals surface area contributed by atoms with E-state index in [0.717, 1.165) is 5.56 Å². The Morgan fingerprint density at radius 3 is 2.53 bits per heavy atom. The van der Waals surface area contributed by atoms with Crippen LogP contribution in [-0.4, -0.2) is 44.1 Å². The number of nitrogens with zero attached hydrogens (tertiary/aromatic N) is 1. The molecule has 0 bridgehead atoms. The van der Waals surface area contributed by atoms with Crippen LogP contribution in [0, 0.1) is 0 Å². The Hall–Kier alpha value is -1.59. The fourth-order valence-electron chi connectivity index (χ4n) is 2.14. The summed E-state index contributed by atoms with van der Waals surface area (Å²) in [5.41, 5.74) is 0.972. The predicted octanol–water partition coefficient (Wildman–Crippen LogP) is 2.02. The lowest BCUT2D eigenvalue weighted by Gasteiger charge is -2.25.